The van der Waals surface area contributed by atoms with E-state index in [1.54, 1.807) is 24.3 Å². The molecule has 0 spiro atoms. The molecule has 3 aromatic rings. The molecule has 0 atom stereocenters. The lowest BCUT2D eigenvalue weighted by atomic mass is 9.87. The summed E-state index contributed by atoms with van der Waals surface area (Å²) in [5.41, 5.74) is 4.42. The number of nitrogens with zero attached hydrogens (tertiary/aromatic N) is 1. The quantitative estimate of drug-likeness (QED) is 0.242. The third-order valence-corrected chi connectivity index (χ3v) is 4.64. The number of carbonyl (C=O) groups excluding carboxylic acids is 2. The van der Waals surface area contributed by atoms with Crippen LogP contribution >= 0.6 is 0 Å². The molecular formula is C26H25FN2O4. The van der Waals surface area contributed by atoms with Gasteiger partial charge in [0, 0.05) is 0 Å². The Bertz CT molecular complexity index is 1130. The highest BCUT2D eigenvalue weighted by Crippen LogP contribution is 2.24. The Morgan fingerprint density at radius 1 is 0.970 bits per heavy atom. The molecule has 0 unspecified atom stereocenters. The lowest BCUT2D eigenvalue weighted by Gasteiger charge is -2.19. The molecule has 0 saturated carbocycles. The summed E-state index contributed by atoms with van der Waals surface area (Å²) >= 11 is 0. The van der Waals surface area contributed by atoms with Crippen molar-refractivity contribution in [2.45, 2.75) is 26.2 Å². The molecule has 6 nitrogen and oxygen atoms in total. The van der Waals surface area contributed by atoms with Crippen LogP contribution in [0.1, 0.15) is 42.3 Å². The number of esters is 1. The van der Waals surface area contributed by atoms with Crippen LogP contribution in [0.25, 0.3) is 0 Å². The number of benzene rings is 3. The second kappa shape index (κ2) is 10.5. The van der Waals surface area contributed by atoms with Gasteiger partial charge in [-0.2, -0.15) is 5.10 Å². The van der Waals surface area contributed by atoms with Gasteiger partial charge >= 0.3 is 5.97 Å². The first kappa shape index (κ1) is 23.7. The van der Waals surface area contributed by atoms with Gasteiger partial charge in [-0.3, -0.25) is 4.79 Å². The SMILES string of the molecule is CC(C)(C)c1ccc(OCC(=O)N/N=C/c2ccc(OC(=O)c3cccc(F)c3)cc2)cc1. The van der Waals surface area contributed by atoms with Crippen LogP contribution in [-0.2, 0) is 10.2 Å². The molecule has 1 amide bonds. The zero-order valence-electron chi connectivity index (χ0n) is 18.7. The topological polar surface area (TPSA) is 77.0 Å². The molecule has 3 rings (SSSR count). The van der Waals surface area contributed by atoms with E-state index in [2.05, 4.69) is 31.3 Å². The van der Waals surface area contributed by atoms with Crippen molar-refractivity contribution >= 4 is 18.1 Å². The summed E-state index contributed by atoms with van der Waals surface area (Å²) in [7, 11) is 0. The first-order chi connectivity index (χ1) is 15.7. The fourth-order valence-corrected chi connectivity index (χ4v) is 2.81. The summed E-state index contributed by atoms with van der Waals surface area (Å²) in [6, 6.07) is 19.4. The fourth-order valence-electron chi connectivity index (χ4n) is 2.81. The van der Waals surface area contributed by atoms with E-state index in [1.807, 2.05) is 24.3 Å². The van der Waals surface area contributed by atoms with Gasteiger partial charge in [-0.05, 0) is 71.1 Å². The number of hydrogen-bond donors (Lipinski definition) is 1. The van der Waals surface area contributed by atoms with Crippen molar-refractivity contribution in [2.75, 3.05) is 6.61 Å². The summed E-state index contributed by atoms with van der Waals surface area (Å²) < 4.78 is 23.9. The van der Waals surface area contributed by atoms with Crippen molar-refractivity contribution in [3.63, 3.8) is 0 Å². The van der Waals surface area contributed by atoms with E-state index in [1.165, 1.54) is 30.0 Å². The zero-order chi connectivity index (χ0) is 23.8. The average Bonchev–Trinajstić information content (AvgIpc) is 2.78. The van der Waals surface area contributed by atoms with Gasteiger partial charge in [-0.25, -0.2) is 14.6 Å². The largest absolute Gasteiger partial charge is 0.484 e. The predicted molar refractivity (Wildman–Crippen MR) is 124 cm³/mol. The molecule has 0 saturated heterocycles. The van der Waals surface area contributed by atoms with E-state index >= 15 is 0 Å². The summed E-state index contributed by atoms with van der Waals surface area (Å²) in [5, 5.41) is 3.89. The third kappa shape index (κ3) is 7.28. The average molecular weight is 448 g/mol. The van der Waals surface area contributed by atoms with Gasteiger partial charge in [0.1, 0.15) is 17.3 Å². The van der Waals surface area contributed by atoms with Gasteiger partial charge in [-0.15, -0.1) is 0 Å². The van der Waals surface area contributed by atoms with Crippen LogP contribution in [0.5, 0.6) is 11.5 Å². The van der Waals surface area contributed by atoms with Gasteiger partial charge in [0.15, 0.2) is 6.61 Å². The monoisotopic (exact) mass is 448 g/mol. The van der Waals surface area contributed by atoms with Gasteiger partial charge in [-0.1, -0.05) is 39.0 Å². The Kier molecular flexibility index (Phi) is 7.56. The summed E-state index contributed by atoms with van der Waals surface area (Å²) in [4.78, 5) is 24.0. The predicted octanol–water partition coefficient (Wildman–Crippen LogP) is 4.87. The van der Waals surface area contributed by atoms with Crippen LogP contribution in [0.15, 0.2) is 77.9 Å². The summed E-state index contributed by atoms with van der Waals surface area (Å²) in [6.45, 7) is 6.21. The standard InChI is InChI=1S/C26H25FN2O4/c1-26(2,3)20-9-13-22(14-10-20)32-17-24(30)29-28-16-18-7-11-23(12-8-18)33-25(31)19-5-4-6-21(27)15-19/h4-16H,17H2,1-3H3,(H,29,30)/b28-16+. The molecule has 1 N–H and O–H groups in total. The van der Waals surface area contributed by atoms with Gasteiger partial charge in [0.05, 0.1) is 11.8 Å². The Hall–Kier alpha value is -4.00. The number of halogens is 1. The molecule has 0 aliphatic heterocycles. The minimum Gasteiger partial charge on any atom is -0.484 e. The zero-order valence-corrected chi connectivity index (χ0v) is 18.7. The smallest absolute Gasteiger partial charge is 0.343 e. The van der Waals surface area contributed by atoms with E-state index in [4.69, 9.17) is 9.47 Å². The minimum absolute atomic E-state index is 0.0474. The first-order valence-electron chi connectivity index (χ1n) is 10.3. The lowest BCUT2D eigenvalue weighted by Crippen LogP contribution is -2.24. The van der Waals surface area contributed by atoms with Crippen LogP contribution in [0.2, 0.25) is 0 Å². The highest BCUT2D eigenvalue weighted by molar-refractivity contribution is 5.91. The van der Waals surface area contributed by atoms with Crippen LogP contribution in [0.3, 0.4) is 0 Å². The minimum atomic E-state index is -0.656. The third-order valence-electron chi connectivity index (χ3n) is 4.64. The maximum absolute atomic E-state index is 13.2. The van der Waals surface area contributed by atoms with Crippen LogP contribution in [-0.4, -0.2) is 24.7 Å². The first-order valence-corrected chi connectivity index (χ1v) is 10.3. The lowest BCUT2D eigenvalue weighted by molar-refractivity contribution is -0.123. The van der Waals surface area contributed by atoms with Crippen molar-refractivity contribution in [1.29, 1.82) is 0 Å². The van der Waals surface area contributed by atoms with Crippen molar-refractivity contribution in [1.82, 2.24) is 5.43 Å². The Balaban J connectivity index is 1.45. The summed E-state index contributed by atoms with van der Waals surface area (Å²) in [6.07, 6.45) is 1.45. The van der Waals surface area contributed by atoms with Gasteiger partial charge in [0.2, 0.25) is 0 Å². The highest BCUT2D eigenvalue weighted by Gasteiger charge is 2.13. The molecule has 3 aromatic carbocycles. The maximum Gasteiger partial charge on any atom is 0.343 e. The fraction of sp³-hybridized carbons (Fsp3) is 0.192. The Morgan fingerprint density at radius 3 is 2.27 bits per heavy atom. The van der Waals surface area contributed by atoms with E-state index < -0.39 is 17.7 Å². The molecule has 0 heterocycles. The van der Waals surface area contributed by atoms with Gasteiger partial charge in [0.25, 0.3) is 5.91 Å². The number of carbonyl (C=O) groups is 2. The number of ether oxygens (including phenoxy) is 2. The molecule has 170 valence electrons. The normalized spacial score (nSPS) is 11.3. The van der Waals surface area contributed by atoms with E-state index in [9.17, 15) is 14.0 Å². The number of rotatable bonds is 7. The molecule has 0 radical (unpaired) electrons. The Morgan fingerprint density at radius 2 is 1.64 bits per heavy atom. The van der Waals surface area contributed by atoms with Crippen molar-refractivity contribution in [3.05, 3.63) is 95.3 Å². The molecule has 33 heavy (non-hydrogen) atoms. The van der Waals surface area contributed by atoms with Gasteiger partial charge < -0.3 is 9.47 Å². The number of hydrazone groups is 1. The second-order valence-corrected chi connectivity index (χ2v) is 8.33. The number of amides is 1. The Labute approximate surface area is 192 Å². The molecule has 0 aliphatic rings. The summed E-state index contributed by atoms with van der Waals surface area (Å²) in [5.74, 6) is -0.660. The number of nitrogens with one attached hydrogen (secondary N) is 1. The second-order valence-electron chi connectivity index (χ2n) is 8.33. The van der Waals surface area contributed by atoms with E-state index in [0.717, 1.165) is 6.07 Å². The van der Waals surface area contributed by atoms with Crippen LogP contribution in [0, 0.1) is 5.82 Å². The van der Waals surface area contributed by atoms with E-state index in [-0.39, 0.29) is 17.6 Å². The van der Waals surface area contributed by atoms with Crippen LogP contribution < -0.4 is 14.9 Å². The van der Waals surface area contributed by atoms with Crippen molar-refractivity contribution in [2.24, 2.45) is 5.10 Å². The molecule has 7 heteroatoms. The highest BCUT2D eigenvalue weighted by atomic mass is 19.1. The molecule has 0 aromatic heterocycles. The molecule has 0 aliphatic carbocycles. The van der Waals surface area contributed by atoms with E-state index in [0.29, 0.717) is 17.1 Å². The maximum atomic E-state index is 13.2. The molecule has 0 fully saturated rings. The molecule has 0 bridgehead atoms. The van der Waals surface area contributed by atoms with Crippen molar-refractivity contribution in [3.8, 4) is 11.5 Å². The molecular weight excluding hydrogens is 423 g/mol. The van der Waals surface area contributed by atoms with Crippen LogP contribution in [0.4, 0.5) is 4.39 Å². The number of hydrogen-bond acceptors (Lipinski definition) is 5. The van der Waals surface area contributed by atoms with Crippen molar-refractivity contribution < 1.29 is 23.5 Å².